The van der Waals surface area contributed by atoms with Crippen molar-refractivity contribution in [3.8, 4) is 0 Å². The zero-order valence-electron chi connectivity index (χ0n) is 11.7. The van der Waals surface area contributed by atoms with E-state index in [1.807, 2.05) is 29.9 Å². The molecule has 2 aromatic rings. The van der Waals surface area contributed by atoms with Crippen molar-refractivity contribution < 1.29 is 12.8 Å². The monoisotopic (exact) mass is 308 g/mol. The molecule has 0 saturated heterocycles. The smallest absolute Gasteiger partial charge is 0.246 e. The molecule has 0 bridgehead atoms. The van der Waals surface area contributed by atoms with E-state index in [0.717, 1.165) is 18.5 Å². The van der Waals surface area contributed by atoms with Gasteiger partial charge in [0.05, 0.1) is 6.54 Å². The van der Waals surface area contributed by atoms with Gasteiger partial charge in [0.1, 0.15) is 10.7 Å². The van der Waals surface area contributed by atoms with E-state index in [9.17, 15) is 12.8 Å². The maximum atomic E-state index is 13.9. The summed E-state index contributed by atoms with van der Waals surface area (Å²) in [4.78, 5) is -0.244. The van der Waals surface area contributed by atoms with Gasteiger partial charge in [-0.25, -0.2) is 12.8 Å². The van der Waals surface area contributed by atoms with Crippen LogP contribution in [0.1, 0.15) is 18.5 Å². The second-order valence-electron chi connectivity index (χ2n) is 5.32. The molecule has 1 aliphatic rings. The number of hydrogen-bond donors (Lipinski definition) is 0. The highest BCUT2D eigenvalue weighted by molar-refractivity contribution is 7.89. The van der Waals surface area contributed by atoms with Crippen LogP contribution in [0.25, 0.3) is 0 Å². The quantitative estimate of drug-likeness (QED) is 0.852. The van der Waals surface area contributed by atoms with Gasteiger partial charge in [-0.3, -0.25) is 0 Å². The van der Waals surface area contributed by atoms with Gasteiger partial charge in [0.15, 0.2) is 0 Å². The molecule has 0 N–H and O–H groups in total. The Morgan fingerprint density at radius 1 is 1.24 bits per heavy atom. The molecule has 1 fully saturated rings. The van der Waals surface area contributed by atoms with Crippen molar-refractivity contribution in [3.05, 3.63) is 54.1 Å². The number of nitrogens with zero attached hydrogens (tertiary/aromatic N) is 2. The van der Waals surface area contributed by atoms with Gasteiger partial charge >= 0.3 is 0 Å². The third-order valence-corrected chi connectivity index (χ3v) is 5.68. The second kappa shape index (κ2) is 5.27. The van der Waals surface area contributed by atoms with Crippen molar-refractivity contribution in [2.75, 3.05) is 0 Å². The van der Waals surface area contributed by atoms with Crippen LogP contribution in [0.3, 0.4) is 0 Å². The highest BCUT2D eigenvalue weighted by atomic mass is 32.2. The minimum absolute atomic E-state index is 0.0236. The minimum Gasteiger partial charge on any atom is -0.353 e. The lowest BCUT2D eigenvalue weighted by molar-refractivity contribution is 0.387. The minimum atomic E-state index is -3.82. The third-order valence-electron chi connectivity index (χ3n) is 3.75. The van der Waals surface area contributed by atoms with E-state index in [1.165, 1.54) is 22.5 Å². The molecule has 1 saturated carbocycles. The molecule has 112 valence electrons. The summed E-state index contributed by atoms with van der Waals surface area (Å²) in [5, 5.41) is 0. The molecule has 0 unspecified atom stereocenters. The van der Waals surface area contributed by atoms with Crippen LogP contribution in [0.5, 0.6) is 0 Å². The van der Waals surface area contributed by atoms with Crippen molar-refractivity contribution in [2.24, 2.45) is 7.05 Å². The fraction of sp³-hybridized carbons (Fsp3) is 0.333. The number of sulfonamides is 1. The topological polar surface area (TPSA) is 42.3 Å². The molecule has 0 atom stereocenters. The molecule has 1 heterocycles. The van der Waals surface area contributed by atoms with Crippen LogP contribution in [-0.2, 0) is 23.6 Å². The van der Waals surface area contributed by atoms with Crippen molar-refractivity contribution in [1.82, 2.24) is 8.87 Å². The van der Waals surface area contributed by atoms with Crippen molar-refractivity contribution in [2.45, 2.75) is 30.3 Å². The van der Waals surface area contributed by atoms with Crippen LogP contribution in [-0.4, -0.2) is 23.3 Å². The lowest BCUT2D eigenvalue weighted by atomic mass is 10.3. The Labute approximate surface area is 123 Å². The first-order valence-electron chi connectivity index (χ1n) is 6.87. The molecule has 0 radical (unpaired) electrons. The van der Waals surface area contributed by atoms with Crippen molar-refractivity contribution in [3.63, 3.8) is 0 Å². The van der Waals surface area contributed by atoms with Gasteiger partial charge in [0.2, 0.25) is 10.0 Å². The second-order valence-corrected chi connectivity index (χ2v) is 7.18. The molecule has 0 spiro atoms. The van der Waals surface area contributed by atoms with Gasteiger partial charge in [0.25, 0.3) is 0 Å². The van der Waals surface area contributed by atoms with Gasteiger partial charge in [-0.15, -0.1) is 0 Å². The number of aromatic nitrogens is 1. The van der Waals surface area contributed by atoms with Crippen LogP contribution in [0.2, 0.25) is 0 Å². The lowest BCUT2D eigenvalue weighted by Gasteiger charge is -2.22. The fourth-order valence-electron chi connectivity index (χ4n) is 2.37. The summed E-state index contributed by atoms with van der Waals surface area (Å²) < 4.78 is 42.7. The van der Waals surface area contributed by atoms with E-state index >= 15 is 0 Å². The Balaban J connectivity index is 1.97. The summed E-state index contributed by atoms with van der Waals surface area (Å²) in [6, 6.07) is 9.27. The summed E-state index contributed by atoms with van der Waals surface area (Å²) in [6.45, 7) is 0.269. The molecule has 1 aromatic carbocycles. The summed E-state index contributed by atoms with van der Waals surface area (Å²) in [7, 11) is -1.95. The Morgan fingerprint density at radius 3 is 2.52 bits per heavy atom. The zero-order chi connectivity index (χ0) is 15.0. The molecule has 0 aliphatic heterocycles. The molecular weight excluding hydrogens is 291 g/mol. The Morgan fingerprint density at radius 2 is 1.95 bits per heavy atom. The average Bonchev–Trinajstić information content (AvgIpc) is 3.20. The highest BCUT2D eigenvalue weighted by Gasteiger charge is 2.39. The van der Waals surface area contributed by atoms with Gasteiger partial charge in [-0.1, -0.05) is 12.1 Å². The first-order chi connectivity index (χ1) is 10.00. The Bertz CT molecular complexity index is 751. The summed E-state index contributed by atoms with van der Waals surface area (Å²) in [5.74, 6) is -0.699. The fourth-order valence-corrected chi connectivity index (χ4v) is 4.10. The van der Waals surface area contributed by atoms with Crippen molar-refractivity contribution >= 4 is 10.0 Å². The largest absolute Gasteiger partial charge is 0.353 e. The molecule has 6 heteroatoms. The predicted octanol–water partition coefficient (Wildman–Crippen LogP) is 2.52. The predicted molar refractivity (Wildman–Crippen MR) is 77.6 cm³/mol. The van der Waals surface area contributed by atoms with Gasteiger partial charge < -0.3 is 4.57 Å². The number of benzene rings is 1. The molecule has 21 heavy (non-hydrogen) atoms. The molecule has 1 aliphatic carbocycles. The normalized spacial score (nSPS) is 15.6. The molecule has 1 aromatic heterocycles. The first kappa shape index (κ1) is 14.3. The average molecular weight is 308 g/mol. The van der Waals surface area contributed by atoms with E-state index < -0.39 is 15.8 Å². The first-order valence-corrected chi connectivity index (χ1v) is 8.31. The molecule has 0 amide bonds. The zero-order valence-corrected chi connectivity index (χ0v) is 12.6. The van der Waals surface area contributed by atoms with Gasteiger partial charge in [-0.2, -0.15) is 4.31 Å². The maximum absolute atomic E-state index is 13.9. The van der Waals surface area contributed by atoms with Gasteiger partial charge in [0, 0.05) is 25.0 Å². The van der Waals surface area contributed by atoms with Crippen LogP contribution in [0.4, 0.5) is 4.39 Å². The van der Waals surface area contributed by atoms with E-state index in [-0.39, 0.29) is 17.5 Å². The van der Waals surface area contributed by atoms with Crippen LogP contribution in [0, 0.1) is 5.82 Å². The van der Waals surface area contributed by atoms with Crippen LogP contribution >= 0.6 is 0 Å². The molecule has 4 nitrogen and oxygen atoms in total. The highest BCUT2D eigenvalue weighted by Crippen LogP contribution is 2.34. The van der Waals surface area contributed by atoms with Crippen molar-refractivity contribution in [1.29, 1.82) is 0 Å². The lowest BCUT2D eigenvalue weighted by Crippen LogP contribution is -2.33. The number of hydrogen-bond acceptors (Lipinski definition) is 2. The Hall–Kier alpha value is -1.66. The van der Waals surface area contributed by atoms with Gasteiger partial charge in [-0.05, 0) is 37.1 Å². The van der Waals surface area contributed by atoms with Crippen LogP contribution < -0.4 is 0 Å². The summed E-state index contributed by atoms with van der Waals surface area (Å²) in [6.07, 6.45) is 3.53. The Kier molecular flexibility index (Phi) is 3.59. The van der Waals surface area contributed by atoms with E-state index in [2.05, 4.69) is 0 Å². The maximum Gasteiger partial charge on any atom is 0.246 e. The molecule has 3 rings (SSSR count). The third kappa shape index (κ3) is 2.73. The number of halogens is 1. The van der Waals surface area contributed by atoms with E-state index in [1.54, 1.807) is 6.07 Å². The van der Waals surface area contributed by atoms with Crippen LogP contribution in [0.15, 0.2) is 47.5 Å². The SMILES string of the molecule is Cn1cccc1CN(C1CC1)S(=O)(=O)c1ccccc1F. The number of rotatable bonds is 5. The summed E-state index contributed by atoms with van der Waals surface area (Å²) in [5.41, 5.74) is 0.891. The molecular formula is C15H17FN2O2S. The standard InChI is InChI=1S/C15H17FN2O2S/c1-17-10-4-5-13(17)11-18(12-8-9-12)21(19,20)15-7-3-2-6-14(15)16/h2-7,10,12H,8-9,11H2,1H3. The van der Waals surface area contributed by atoms with E-state index in [4.69, 9.17) is 0 Å². The van der Waals surface area contributed by atoms with E-state index in [0.29, 0.717) is 0 Å². The summed E-state index contributed by atoms with van der Waals surface area (Å²) >= 11 is 0. The number of aryl methyl sites for hydroxylation is 1.